The third kappa shape index (κ3) is 2.42. The Hall–Kier alpha value is -2.51. The van der Waals surface area contributed by atoms with Crippen LogP contribution in [0.3, 0.4) is 0 Å². The van der Waals surface area contributed by atoms with Crippen molar-refractivity contribution in [2.24, 2.45) is 0 Å². The van der Waals surface area contributed by atoms with Crippen molar-refractivity contribution in [3.8, 4) is 10.4 Å². The van der Waals surface area contributed by atoms with Crippen LogP contribution >= 0.6 is 11.3 Å². The summed E-state index contributed by atoms with van der Waals surface area (Å²) in [5.41, 5.74) is 3.54. The van der Waals surface area contributed by atoms with E-state index in [2.05, 4.69) is 19.7 Å². The number of aliphatic hydroxyl groups is 1. The lowest BCUT2D eigenvalue weighted by Gasteiger charge is -2.06. The van der Waals surface area contributed by atoms with E-state index in [1.165, 1.54) is 12.1 Å². The first-order valence-electron chi connectivity index (χ1n) is 7.55. The minimum Gasteiger partial charge on any atom is -0.395 e. The Morgan fingerprint density at radius 3 is 2.83 bits per heavy atom. The maximum atomic E-state index is 13.1. The second-order valence-electron chi connectivity index (χ2n) is 5.48. The van der Waals surface area contributed by atoms with Gasteiger partial charge in [0, 0.05) is 23.3 Å². The van der Waals surface area contributed by atoms with Crippen LogP contribution in [-0.2, 0) is 0 Å². The monoisotopic (exact) mass is 342 g/mol. The number of benzene rings is 1. The molecule has 5 nitrogen and oxygen atoms in total. The second kappa shape index (κ2) is 5.85. The largest absolute Gasteiger partial charge is 0.395 e. The number of aryl methyl sites for hydroxylation is 1. The van der Waals surface area contributed by atoms with Gasteiger partial charge in [-0.2, -0.15) is 0 Å². The van der Waals surface area contributed by atoms with Gasteiger partial charge in [-0.3, -0.25) is 4.40 Å². The highest BCUT2D eigenvalue weighted by atomic mass is 32.1. The first-order chi connectivity index (χ1) is 11.7. The van der Waals surface area contributed by atoms with Crippen molar-refractivity contribution < 1.29 is 9.50 Å². The van der Waals surface area contributed by atoms with E-state index in [0.717, 1.165) is 32.1 Å². The molecule has 24 heavy (non-hydrogen) atoms. The van der Waals surface area contributed by atoms with E-state index < -0.39 is 0 Å². The third-order valence-electron chi connectivity index (χ3n) is 3.81. The van der Waals surface area contributed by atoms with Gasteiger partial charge in [0.2, 0.25) is 0 Å². The summed E-state index contributed by atoms with van der Waals surface area (Å²) < 4.78 is 15.2. The van der Waals surface area contributed by atoms with Gasteiger partial charge in [-0.1, -0.05) is 12.1 Å². The fraction of sp³-hybridized carbons (Fsp3) is 0.176. The van der Waals surface area contributed by atoms with Crippen LogP contribution in [0.4, 0.5) is 10.2 Å². The van der Waals surface area contributed by atoms with E-state index >= 15 is 0 Å². The highest BCUT2D eigenvalue weighted by molar-refractivity contribution is 7.21. The summed E-state index contributed by atoms with van der Waals surface area (Å²) in [7, 11) is 0. The summed E-state index contributed by atoms with van der Waals surface area (Å²) in [5.74, 6) is 0.398. The molecule has 7 heteroatoms. The lowest BCUT2D eigenvalue weighted by molar-refractivity contribution is 0.311. The zero-order valence-electron chi connectivity index (χ0n) is 13.0. The van der Waals surface area contributed by atoms with E-state index in [4.69, 9.17) is 5.11 Å². The SMILES string of the molecule is Cc1cnc2c(NCCO)nc3cc(-c4ccc(F)cc4)sc3n12. The van der Waals surface area contributed by atoms with Crippen LogP contribution < -0.4 is 5.32 Å². The molecule has 0 atom stereocenters. The van der Waals surface area contributed by atoms with E-state index in [9.17, 15) is 4.39 Å². The molecule has 0 amide bonds. The number of thiophene rings is 1. The molecule has 4 rings (SSSR count). The molecule has 0 aliphatic carbocycles. The maximum Gasteiger partial charge on any atom is 0.181 e. The average molecular weight is 342 g/mol. The fourth-order valence-corrected chi connectivity index (χ4v) is 3.86. The molecular weight excluding hydrogens is 327 g/mol. The summed E-state index contributed by atoms with van der Waals surface area (Å²) >= 11 is 1.60. The van der Waals surface area contributed by atoms with Gasteiger partial charge < -0.3 is 10.4 Å². The van der Waals surface area contributed by atoms with Gasteiger partial charge in [0.1, 0.15) is 16.2 Å². The van der Waals surface area contributed by atoms with Crippen molar-refractivity contribution in [1.29, 1.82) is 0 Å². The number of hydrogen-bond donors (Lipinski definition) is 2. The number of anilines is 1. The number of fused-ring (bicyclic) bond motifs is 3. The third-order valence-corrected chi connectivity index (χ3v) is 4.97. The van der Waals surface area contributed by atoms with Crippen LogP contribution in [-0.4, -0.2) is 32.6 Å². The predicted octanol–water partition coefficient (Wildman–Crippen LogP) is 3.46. The van der Waals surface area contributed by atoms with E-state index in [1.807, 2.05) is 13.0 Å². The zero-order chi connectivity index (χ0) is 16.7. The molecule has 4 aromatic rings. The van der Waals surface area contributed by atoms with Crippen molar-refractivity contribution in [3.63, 3.8) is 0 Å². The first kappa shape index (κ1) is 15.0. The Balaban J connectivity index is 1.93. The van der Waals surface area contributed by atoms with Crippen LogP contribution in [0.15, 0.2) is 36.5 Å². The number of imidazole rings is 1. The van der Waals surface area contributed by atoms with Gasteiger partial charge in [0.15, 0.2) is 11.5 Å². The Morgan fingerprint density at radius 1 is 1.29 bits per heavy atom. The molecule has 3 aromatic heterocycles. The first-order valence-corrected chi connectivity index (χ1v) is 8.37. The minimum absolute atomic E-state index is 0.0238. The smallest absolute Gasteiger partial charge is 0.181 e. The normalized spacial score (nSPS) is 11.5. The van der Waals surface area contributed by atoms with Crippen LogP contribution in [0.5, 0.6) is 0 Å². The van der Waals surface area contributed by atoms with Crippen LogP contribution in [0.2, 0.25) is 0 Å². The van der Waals surface area contributed by atoms with Gasteiger partial charge >= 0.3 is 0 Å². The number of rotatable bonds is 4. The van der Waals surface area contributed by atoms with Gasteiger partial charge in [-0.05, 0) is 30.7 Å². The van der Waals surface area contributed by atoms with Crippen molar-refractivity contribution in [2.75, 3.05) is 18.5 Å². The molecule has 0 aliphatic heterocycles. The molecule has 0 aliphatic rings. The maximum absolute atomic E-state index is 13.1. The summed E-state index contributed by atoms with van der Waals surface area (Å²) in [5, 5.41) is 12.2. The molecule has 0 radical (unpaired) electrons. The standard InChI is InChI=1S/C17H15FN4OS/c1-10-9-20-16-15(19-6-7-23)21-13-8-14(24-17(13)22(10)16)11-2-4-12(18)5-3-11/h2-5,8-9,23H,6-7H2,1H3,(H,19,21). The van der Waals surface area contributed by atoms with Crippen molar-refractivity contribution in [2.45, 2.75) is 6.92 Å². The molecule has 0 fully saturated rings. The van der Waals surface area contributed by atoms with E-state index in [1.54, 1.807) is 29.7 Å². The number of aliphatic hydroxyl groups excluding tert-OH is 1. The Labute approximate surface area is 141 Å². The molecule has 0 unspecified atom stereocenters. The summed E-state index contributed by atoms with van der Waals surface area (Å²) in [6, 6.07) is 8.45. The van der Waals surface area contributed by atoms with E-state index in [-0.39, 0.29) is 12.4 Å². The van der Waals surface area contributed by atoms with Crippen LogP contribution in [0.1, 0.15) is 5.69 Å². The fourth-order valence-electron chi connectivity index (χ4n) is 2.69. The lowest BCUT2D eigenvalue weighted by Crippen LogP contribution is -2.08. The lowest BCUT2D eigenvalue weighted by atomic mass is 10.2. The molecule has 122 valence electrons. The highest BCUT2D eigenvalue weighted by Gasteiger charge is 2.15. The Bertz CT molecular complexity index is 1020. The van der Waals surface area contributed by atoms with Gasteiger partial charge in [0.25, 0.3) is 0 Å². The molecule has 1 aromatic carbocycles. The van der Waals surface area contributed by atoms with Crippen molar-refractivity contribution in [1.82, 2.24) is 14.4 Å². The quantitative estimate of drug-likeness (QED) is 0.596. The molecule has 0 saturated carbocycles. The summed E-state index contributed by atoms with van der Waals surface area (Å²) in [6.45, 7) is 2.43. The predicted molar refractivity (Wildman–Crippen MR) is 94.1 cm³/mol. The van der Waals surface area contributed by atoms with E-state index in [0.29, 0.717) is 12.4 Å². The molecule has 3 heterocycles. The van der Waals surface area contributed by atoms with Gasteiger partial charge in [-0.15, -0.1) is 11.3 Å². The van der Waals surface area contributed by atoms with Crippen LogP contribution in [0, 0.1) is 12.7 Å². The van der Waals surface area contributed by atoms with Crippen molar-refractivity contribution in [3.05, 3.63) is 48.0 Å². The topological polar surface area (TPSA) is 62.5 Å². The van der Waals surface area contributed by atoms with Crippen molar-refractivity contribution >= 4 is 33.1 Å². The number of nitrogens with one attached hydrogen (secondary N) is 1. The zero-order valence-corrected chi connectivity index (χ0v) is 13.8. The number of aromatic nitrogens is 3. The highest BCUT2D eigenvalue weighted by Crippen LogP contribution is 2.35. The molecular formula is C17H15FN4OS. The van der Waals surface area contributed by atoms with Gasteiger partial charge in [-0.25, -0.2) is 14.4 Å². The number of nitrogens with zero attached hydrogens (tertiary/aromatic N) is 3. The molecule has 0 saturated heterocycles. The molecule has 0 bridgehead atoms. The van der Waals surface area contributed by atoms with Crippen LogP contribution in [0.25, 0.3) is 26.4 Å². The number of halogens is 1. The second-order valence-corrected chi connectivity index (χ2v) is 6.51. The summed E-state index contributed by atoms with van der Waals surface area (Å²) in [6.07, 6.45) is 1.80. The Morgan fingerprint density at radius 2 is 2.08 bits per heavy atom. The number of hydrogen-bond acceptors (Lipinski definition) is 5. The Kier molecular flexibility index (Phi) is 3.66. The molecule has 0 spiro atoms. The summed E-state index contributed by atoms with van der Waals surface area (Å²) in [4.78, 5) is 11.1. The molecule has 2 N–H and O–H groups in total. The minimum atomic E-state index is -0.249. The average Bonchev–Trinajstić information content (AvgIpc) is 3.17. The van der Waals surface area contributed by atoms with Gasteiger partial charge in [0.05, 0.1) is 6.61 Å².